The Kier molecular flexibility index (Phi) is 4.72. The van der Waals surface area contributed by atoms with Crippen LogP contribution in [0.1, 0.15) is 11.4 Å². The van der Waals surface area contributed by atoms with E-state index in [-0.39, 0.29) is 12.2 Å². The predicted octanol–water partition coefficient (Wildman–Crippen LogP) is 1.96. The molecule has 0 amide bonds. The highest BCUT2D eigenvalue weighted by Gasteiger charge is 2.31. The quantitative estimate of drug-likeness (QED) is 0.789. The number of hydrogen-bond acceptors (Lipinski definition) is 4. The number of anilines is 1. The summed E-state index contributed by atoms with van der Waals surface area (Å²) in [5, 5.41) is 20.9. The van der Waals surface area contributed by atoms with Gasteiger partial charge in [0.05, 0.1) is 29.6 Å². The lowest BCUT2D eigenvalue weighted by atomic mass is 10.1. The van der Waals surface area contributed by atoms with Crippen molar-refractivity contribution >= 4 is 5.69 Å². The van der Waals surface area contributed by atoms with Gasteiger partial charge in [0, 0.05) is 18.9 Å². The molecule has 1 aromatic heterocycles. The smallest absolute Gasteiger partial charge is 0.394 e. The Bertz CT molecular complexity index is 641. The number of aliphatic hydroxyl groups excluding tert-OH is 2. The minimum atomic E-state index is -4.46. The van der Waals surface area contributed by atoms with Gasteiger partial charge in [0.1, 0.15) is 5.82 Å². The van der Waals surface area contributed by atoms with Crippen LogP contribution in [0.15, 0.2) is 30.6 Å². The Morgan fingerprint density at radius 2 is 2.09 bits per heavy atom. The van der Waals surface area contributed by atoms with E-state index >= 15 is 0 Å². The Labute approximate surface area is 125 Å². The fraction of sp³-hybridized carbons (Fsp3) is 0.357. The third-order valence-corrected chi connectivity index (χ3v) is 3.15. The molecular formula is C14H16F3N3O2. The molecule has 0 saturated heterocycles. The van der Waals surface area contributed by atoms with Gasteiger partial charge in [0.25, 0.3) is 0 Å². The number of rotatable bonds is 5. The first-order chi connectivity index (χ1) is 10.3. The van der Waals surface area contributed by atoms with Crippen LogP contribution in [0.3, 0.4) is 0 Å². The molecule has 3 N–H and O–H groups in total. The van der Waals surface area contributed by atoms with Crippen LogP contribution in [0.25, 0.3) is 5.69 Å². The molecule has 0 radical (unpaired) electrons. The summed E-state index contributed by atoms with van der Waals surface area (Å²) in [6, 6.07) is 3.30. The highest BCUT2D eigenvalue weighted by atomic mass is 19.4. The van der Waals surface area contributed by atoms with Crippen LogP contribution < -0.4 is 5.32 Å². The monoisotopic (exact) mass is 315 g/mol. The molecule has 0 aliphatic rings. The van der Waals surface area contributed by atoms with E-state index in [1.165, 1.54) is 6.07 Å². The van der Waals surface area contributed by atoms with Crippen molar-refractivity contribution in [3.05, 3.63) is 42.0 Å². The second kappa shape index (κ2) is 6.37. The lowest BCUT2D eigenvalue weighted by Gasteiger charge is -2.18. The van der Waals surface area contributed by atoms with E-state index in [0.29, 0.717) is 11.5 Å². The van der Waals surface area contributed by atoms with Crippen molar-refractivity contribution in [2.75, 3.05) is 18.5 Å². The molecule has 22 heavy (non-hydrogen) atoms. The van der Waals surface area contributed by atoms with Crippen molar-refractivity contribution in [1.82, 2.24) is 9.55 Å². The van der Waals surface area contributed by atoms with Crippen LogP contribution in [-0.2, 0) is 6.18 Å². The van der Waals surface area contributed by atoms with E-state index in [1.54, 1.807) is 23.9 Å². The number of alkyl halides is 3. The standard InChI is InChI=1S/C14H16F3N3O2/c1-9-18-4-5-20(9)13-3-2-10(14(15,16)17)6-12(13)19-7-11(22)8-21/h2-6,11,19,21-22H,7-8H2,1H3. The van der Waals surface area contributed by atoms with E-state index < -0.39 is 24.5 Å². The highest BCUT2D eigenvalue weighted by molar-refractivity contribution is 5.63. The van der Waals surface area contributed by atoms with Crippen molar-refractivity contribution < 1.29 is 23.4 Å². The fourth-order valence-electron chi connectivity index (χ4n) is 1.99. The first-order valence-electron chi connectivity index (χ1n) is 6.57. The number of benzene rings is 1. The summed E-state index contributed by atoms with van der Waals surface area (Å²) in [5.41, 5.74) is -0.119. The largest absolute Gasteiger partial charge is 0.416 e. The van der Waals surface area contributed by atoms with Crippen LogP contribution in [0.2, 0.25) is 0 Å². The molecular weight excluding hydrogens is 299 g/mol. The van der Waals surface area contributed by atoms with Crippen molar-refractivity contribution in [2.24, 2.45) is 0 Å². The van der Waals surface area contributed by atoms with Crippen molar-refractivity contribution in [3.63, 3.8) is 0 Å². The second-order valence-corrected chi connectivity index (χ2v) is 4.79. The average Bonchev–Trinajstić information content (AvgIpc) is 2.89. The molecule has 0 bridgehead atoms. The number of aryl methyl sites for hydroxylation is 1. The van der Waals surface area contributed by atoms with Gasteiger partial charge in [-0.2, -0.15) is 13.2 Å². The molecule has 1 unspecified atom stereocenters. The summed E-state index contributed by atoms with van der Waals surface area (Å²) in [6.45, 7) is 1.17. The first-order valence-corrected chi connectivity index (χ1v) is 6.57. The number of halogens is 3. The fourth-order valence-corrected chi connectivity index (χ4v) is 1.99. The summed E-state index contributed by atoms with van der Waals surface area (Å²) < 4.78 is 40.2. The molecule has 0 saturated carbocycles. The summed E-state index contributed by atoms with van der Waals surface area (Å²) >= 11 is 0. The minimum Gasteiger partial charge on any atom is -0.394 e. The Balaban J connectivity index is 2.42. The molecule has 2 aromatic rings. The lowest BCUT2D eigenvalue weighted by Crippen LogP contribution is -2.23. The molecule has 1 atom stereocenters. The van der Waals surface area contributed by atoms with E-state index in [2.05, 4.69) is 10.3 Å². The zero-order chi connectivity index (χ0) is 16.3. The zero-order valence-electron chi connectivity index (χ0n) is 11.8. The van der Waals surface area contributed by atoms with Gasteiger partial charge in [-0.15, -0.1) is 0 Å². The lowest BCUT2D eigenvalue weighted by molar-refractivity contribution is -0.137. The van der Waals surface area contributed by atoms with Gasteiger partial charge < -0.3 is 20.1 Å². The molecule has 1 heterocycles. The predicted molar refractivity (Wildman–Crippen MR) is 74.9 cm³/mol. The van der Waals surface area contributed by atoms with Gasteiger partial charge in [-0.3, -0.25) is 0 Å². The first kappa shape index (κ1) is 16.3. The Morgan fingerprint density at radius 1 is 1.36 bits per heavy atom. The summed E-state index contributed by atoms with van der Waals surface area (Å²) in [7, 11) is 0. The molecule has 5 nitrogen and oxygen atoms in total. The molecule has 8 heteroatoms. The number of nitrogens with zero attached hydrogens (tertiary/aromatic N) is 2. The number of nitrogens with one attached hydrogen (secondary N) is 1. The van der Waals surface area contributed by atoms with Crippen LogP contribution >= 0.6 is 0 Å². The minimum absolute atomic E-state index is 0.0709. The molecule has 0 fully saturated rings. The summed E-state index contributed by atoms with van der Waals surface area (Å²) in [4.78, 5) is 4.04. The second-order valence-electron chi connectivity index (χ2n) is 4.79. The molecule has 120 valence electrons. The molecule has 2 rings (SSSR count). The Morgan fingerprint density at radius 3 is 2.64 bits per heavy atom. The van der Waals surface area contributed by atoms with E-state index in [4.69, 9.17) is 5.11 Å². The molecule has 1 aromatic carbocycles. The van der Waals surface area contributed by atoms with Crippen molar-refractivity contribution in [1.29, 1.82) is 0 Å². The molecule has 0 aliphatic heterocycles. The van der Waals surface area contributed by atoms with Gasteiger partial charge in [0.2, 0.25) is 0 Å². The maximum absolute atomic E-state index is 12.9. The SMILES string of the molecule is Cc1nccn1-c1ccc(C(F)(F)F)cc1NCC(O)CO. The molecule has 0 aliphatic carbocycles. The topological polar surface area (TPSA) is 70.3 Å². The van der Waals surface area contributed by atoms with Gasteiger partial charge in [-0.05, 0) is 25.1 Å². The van der Waals surface area contributed by atoms with Gasteiger partial charge in [-0.1, -0.05) is 0 Å². The maximum atomic E-state index is 12.9. The average molecular weight is 315 g/mol. The number of hydrogen-bond donors (Lipinski definition) is 3. The maximum Gasteiger partial charge on any atom is 0.416 e. The third kappa shape index (κ3) is 3.58. The van der Waals surface area contributed by atoms with Gasteiger partial charge >= 0.3 is 6.18 Å². The molecule has 0 spiro atoms. The summed E-state index contributed by atoms with van der Waals surface area (Å²) in [5.74, 6) is 0.616. The van der Waals surface area contributed by atoms with Crippen LogP contribution in [-0.4, -0.2) is 39.0 Å². The van der Waals surface area contributed by atoms with Crippen molar-refractivity contribution in [3.8, 4) is 5.69 Å². The number of imidazole rings is 1. The Hall–Kier alpha value is -2.06. The van der Waals surface area contributed by atoms with E-state index in [9.17, 15) is 18.3 Å². The summed E-state index contributed by atoms with van der Waals surface area (Å²) in [6.07, 6.45) is -2.36. The highest BCUT2D eigenvalue weighted by Crippen LogP contribution is 2.33. The van der Waals surface area contributed by atoms with E-state index in [0.717, 1.165) is 12.1 Å². The third-order valence-electron chi connectivity index (χ3n) is 3.15. The zero-order valence-corrected chi connectivity index (χ0v) is 11.8. The van der Waals surface area contributed by atoms with Gasteiger partial charge in [-0.25, -0.2) is 4.98 Å². The van der Waals surface area contributed by atoms with Crippen LogP contribution in [0, 0.1) is 6.92 Å². The number of aromatic nitrogens is 2. The normalized spacial score (nSPS) is 13.2. The van der Waals surface area contributed by atoms with Gasteiger partial charge in [0.15, 0.2) is 0 Å². The van der Waals surface area contributed by atoms with Crippen molar-refractivity contribution in [2.45, 2.75) is 19.2 Å². The van der Waals surface area contributed by atoms with Crippen LogP contribution in [0.5, 0.6) is 0 Å². The van der Waals surface area contributed by atoms with E-state index in [1.807, 2.05) is 0 Å². The van der Waals surface area contributed by atoms with Crippen LogP contribution in [0.4, 0.5) is 18.9 Å². The number of aliphatic hydroxyl groups is 2.